The van der Waals surface area contributed by atoms with Crippen LogP contribution in [-0.4, -0.2) is 68.6 Å². The van der Waals surface area contributed by atoms with Crippen LogP contribution < -0.4 is 5.32 Å². The first-order valence-electron chi connectivity index (χ1n) is 5.38. The number of carbonyl (C=O) groups excluding carboxylic acids is 3. The third-order valence-electron chi connectivity index (χ3n) is 2.50. The molecule has 1 fully saturated rings. The number of hydrogen-bond acceptors (Lipinski definition) is 6. The molecule has 0 bridgehead atoms. The minimum absolute atomic E-state index is 0.0959. The van der Waals surface area contributed by atoms with E-state index >= 15 is 0 Å². The van der Waals surface area contributed by atoms with Gasteiger partial charge in [0, 0.05) is 13.6 Å². The number of esters is 1. The van der Waals surface area contributed by atoms with Crippen LogP contribution in [0.15, 0.2) is 0 Å². The molecule has 108 valence electrons. The molecule has 1 aliphatic rings. The van der Waals surface area contributed by atoms with Gasteiger partial charge in [0.25, 0.3) is 10.2 Å². The summed E-state index contributed by atoms with van der Waals surface area (Å²) in [6.07, 6.45) is -0.111. The van der Waals surface area contributed by atoms with Gasteiger partial charge >= 0.3 is 5.97 Å². The highest BCUT2D eigenvalue weighted by atomic mass is 32.2. The zero-order chi connectivity index (χ0) is 14.6. The largest absolute Gasteiger partial charge is 0.469 e. The first-order chi connectivity index (χ1) is 8.77. The highest BCUT2D eigenvalue weighted by Gasteiger charge is 2.34. The fourth-order valence-electron chi connectivity index (χ4n) is 1.44. The summed E-state index contributed by atoms with van der Waals surface area (Å²) in [4.78, 5) is 33.2. The zero-order valence-corrected chi connectivity index (χ0v) is 11.4. The number of methoxy groups -OCH3 is 1. The Balaban J connectivity index is 2.71. The van der Waals surface area contributed by atoms with Crippen LogP contribution in [-0.2, 0) is 29.3 Å². The molecule has 2 amide bonds. The molecule has 1 aliphatic heterocycles. The normalized spacial score (nSPS) is 17.4. The molecule has 0 spiro atoms. The Kier molecular flexibility index (Phi) is 4.97. The lowest BCUT2D eigenvalue weighted by atomic mass is 10.4. The Morgan fingerprint density at radius 1 is 1.37 bits per heavy atom. The van der Waals surface area contributed by atoms with Gasteiger partial charge in [-0.3, -0.25) is 19.7 Å². The average molecular weight is 293 g/mol. The lowest BCUT2D eigenvalue weighted by Gasteiger charge is -2.28. The van der Waals surface area contributed by atoms with Crippen molar-refractivity contribution in [2.45, 2.75) is 6.42 Å². The molecule has 1 rings (SSSR count). The second kappa shape index (κ2) is 6.08. The number of imide groups is 1. The van der Waals surface area contributed by atoms with Crippen molar-refractivity contribution in [2.75, 3.05) is 33.8 Å². The zero-order valence-electron chi connectivity index (χ0n) is 10.6. The van der Waals surface area contributed by atoms with Gasteiger partial charge in [0.05, 0.1) is 26.6 Å². The number of amides is 2. The monoisotopic (exact) mass is 293 g/mol. The van der Waals surface area contributed by atoms with E-state index in [1.807, 2.05) is 5.32 Å². The van der Waals surface area contributed by atoms with Gasteiger partial charge in [-0.15, -0.1) is 0 Å². The molecule has 0 aromatic carbocycles. The van der Waals surface area contributed by atoms with Crippen molar-refractivity contribution in [3.05, 3.63) is 0 Å². The van der Waals surface area contributed by atoms with Gasteiger partial charge in [0.2, 0.25) is 11.8 Å². The summed E-state index contributed by atoms with van der Waals surface area (Å²) in [5.74, 6) is -1.91. The van der Waals surface area contributed by atoms with Crippen LogP contribution in [0.4, 0.5) is 0 Å². The van der Waals surface area contributed by atoms with Gasteiger partial charge < -0.3 is 4.74 Å². The van der Waals surface area contributed by atoms with Crippen molar-refractivity contribution in [3.63, 3.8) is 0 Å². The average Bonchev–Trinajstić information content (AvgIpc) is 2.34. The lowest BCUT2D eigenvalue weighted by Crippen LogP contribution is -2.56. The smallest absolute Gasteiger partial charge is 0.306 e. The maximum absolute atomic E-state index is 12.0. The first kappa shape index (κ1) is 15.5. The number of rotatable bonds is 5. The molecule has 0 unspecified atom stereocenters. The second-order valence-electron chi connectivity index (χ2n) is 3.89. The fraction of sp³-hybridized carbons (Fsp3) is 0.667. The second-order valence-corrected chi connectivity index (χ2v) is 5.93. The third-order valence-corrected chi connectivity index (χ3v) is 4.38. The molecular weight excluding hydrogens is 278 g/mol. The lowest BCUT2D eigenvalue weighted by molar-refractivity contribution is -0.141. The molecule has 0 aromatic rings. The van der Waals surface area contributed by atoms with Gasteiger partial charge in [-0.05, 0) is 0 Å². The van der Waals surface area contributed by atoms with E-state index < -0.39 is 41.1 Å². The van der Waals surface area contributed by atoms with Crippen molar-refractivity contribution < 1.29 is 27.5 Å². The molecule has 19 heavy (non-hydrogen) atoms. The summed E-state index contributed by atoms with van der Waals surface area (Å²) in [7, 11) is -1.50. The molecule has 0 saturated carbocycles. The molecular formula is C9H15N3O6S. The summed E-state index contributed by atoms with van der Waals surface area (Å²) in [5, 5.41) is 2.00. The van der Waals surface area contributed by atoms with E-state index in [4.69, 9.17) is 0 Å². The molecule has 0 atom stereocenters. The quantitative estimate of drug-likeness (QED) is 0.450. The molecule has 0 radical (unpaired) electrons. The SMILES string of the molecule is COC(=O)CCN(C)S(=O)(=O)N1CC(=O)NC(=O)C1. The standard InChI is InChI=1S/C9H15N3O6S/c1-11(4-3-9(15)18-2)19(16,17)12-5-7(13)10-8(14)6-12/h3-6H2,1-2H3,(H,10,13,14). The Hall–Kier alpha value is -1.52. The maximum Gasteiger partial charge on any atom is 0.306 e. The topological polar surface area (TPSA) is 113 Å². The minimum Gasteiger partial charge on any atom is -0.469 e. The van der Waals surface area contributed by atoms with Crippen molar-refractivity contribution in [1.29, 1.82) is 0 Å². The van der Waals surface area contributed by atoms with Crippen molar-refractivity contribution in [3.8, 4) is 0 Å². The van der Waals surface area contributed by atoms with E-state index in [1.54, 1.807) is 0 Å². The van der Waals surface area contributed by atoms with E-state index in [-0.39, 0.29) is 13.0 Å². The predicted octanol–water partition coefficient (Wildman–Crippen LogP) is -2.32. The summed E-state index contributed by atoms with van der Waals surface area (Å²) in [6.45, 7) is -0.936. The van der Waals surface area contributed by atoms with Gasteiger partial charge in [-0.25, -0.2) is 0 Å². The van der Waals surface area contributed by atoms with E-state index in [0.717, 1.165) is 8.61 Å². The predicted molar refractivity (Wildman–Crippen MR) is 62.9 cm³/mol. The Labute approximate surface area is 110 Å². The van der Waals surface area contributed by atoms with Crippen LogP contribution in [0.3, 0.4) is 0 Å². The first-order valence-corrected chi connectivity index (χ1v) is 6.78. The minimum atomic E-state index is -3.95. The van der Waals surface area contributed by atoms with Crippen molar-refractivity contribution in [2.24, 2.45) is 0 Å². The molecule has 9 nitrogen and oxygen atoms in total. The van der Waals surface area contributed by atoms with Gasteiger partial charge in [0.1, 0.15) is 0 Å². The maximum atomic E-state index is 12.0. The van der Waals surface area contributed by atoms with E-state index in [9.17, 15) is 22.8 Å². The summed E-state index contributed by atoms with van der Waals surface area (Å²) in [5.41, 5.74) is 0. The molecule has 10 heteroatoms. The highest BCUT2D eigenvalue weighted by molar-refractivity contribution is 7.86. The Morgan fingerprint density at radius 2 is 1.89 bits per heavy atom. The molecule has 0 aromatic heterocycles. The number of ether oxygens (including phenoxy) is 1. The Bertz CT molecular complexity index is 472. The molecule has 1 saturated heterocycles. The number of carbonyl (C=O) groups is 3. The molecule has 0 aliphatic carbocycles. The van der Waals surface area contributed by atoms with E-state index in [1.165, 1.54) is 14.2 Å². The number of nitrogens with one attached hydrogen (secondary N) is 1. The van der Waals surface area contributed by atoms with E-state index in [2.05, 4.69) is 4.74 Å². The van der Waals surface area contributed by atoms with Crippen LogP contribution in [0.1, 0.15) is 6.42 Å². The number of hydrogen-bond donors (Lipinski definition) is 1. The van der Waals surface area contributed by atoms with E-state index in [0.29, 0.717) is 0 Å². The van der Waals surface area contributed by atoms with Crippen LogP contribution in [0.5, 0.6) is 0 Å². The van der Waals surface area contributed by atoms with Crippen LogP contribution >= 0.6 is 0 Å². The van der Waals surface area contributed by atoms with Crippen molar-refractivity contribution in [1.82, 2.24) is 13.9 Å². The van der Waals surface area contributed by atoms with Crippen molar-refractivity contribution >= 4 is 28.0 Å². The van der Waals surface area contributed by atoms with Crippen LogP contribution in [0.2, 0.25) is 0 Å². The molecule has 1 heterocycles. The van der Waals surface area contributed by atoms with Crippen LogP contribution in [0, 0.1) is 0 Å². The summed E-state index contributed by atoms with van der Waals surface area (Å²) < 4.78 is 30.1. The summed E-state index contributed by atoms with van der Waals surface area (Å²) in [6, 6.07) is 0. The number of piperazine rings is 1. The Morgan fingerprint density at radius 3 is 2.37 bits per heavy atom. The van der Waals surface area contributed by atoms with Gasteiger partial charge in [0.15, 0.2) is 0 Å². The molecule has 1 N–H and O–H groups in total. The van der Waals surface area contributed by atoms with Gasteiger partial charge in [-0.2, -0.15) is 17.0 Å². The highest BCUT2D eigenvalue weighted by Crippen LogP contribution is 2.09. The van der Waals surface area contributed by atoms with Crippen LogP contribution in [0.25, 0.3) is 0 Å². The van der Waals surface area contributed by atoms with Gasteiger partial charge in [-0.1, -0.05) is 0 Å². The fourth-order valence-corrected chi connectivity index (χ4v) is 2.71. The number of nitrogens with zero attached hydrogens (tertiary/aromatic N) is 2. The summed E-state index contributed by atoms with van der Waals surface area (Å²) >= 11 is 0. The third kappa shape index (κ3) is 3.98.